The summed E-state index contributed by atoms with van der Waals surface area (Å²) in [5, 5.41) is 10.2. The molecule has 1 saturated heterocycles. The molecule has 2 aromatic carbocycles. The number of piperidine rings is 1. The molecule has 4 aromatic rings. The van der Waals surface area contributed by atoms with Crippen molar-refractivity contribution in [3.05, 3.63) is 59.8 Å². The Hall–Kier alpha value is -4.23. The molecule has 240 valence electrons. The maximum absolute atomic E-state index is 13.1. The van der Waals surface area contributed by atoms with Gasteiger partial charge in [0.05, 0.1) is 40.9 Å². The fourth-order valence-electron chi connectivity index (χ4n) is 5.58. The number of para-hydroxylation sites is 1. The minimum Gasteiger partial charge on any atom is -0.495 e. The number of nitrogens with one attached hydrogen (secondary N) is 2. The molecule has 12 nitrogen and oxygen atoms in total. The largest absolute Gasteiger partial charge is 0.495 e. The van der Waals surface area contributed by atoms with Crippen molar-refractivity contribution in [3.8, 4) is 5.75 Å². The maximum atomic E-state index is 13.1. The van der Waals surface area contributed by atoms with E-state index in [9.17, 15) is 13.2 Å². The maximum Gasteiger partial charge on any atom is 0.239 e. The first-order valence-corrected chi connectivity index (χ1v) is 16.7. The standard InChI is InChI=1S/C32H42N8O4S/c1-20(2)45(42,43)28-11-9-8-10-25(28)35-32-37-31(36-29-12-15-33-40(29)32)34-26-18-21(3)24(19-27(26)44-7)23-13-16-39(17-14-23)30(41)22(4)38(5)6/h8-12,15,18-20,22-23H,13-14,16-17H2,1-7H3,(H2,34,35,36,37)/t22-/m0/s1. The molecule has 1 aliphatic rings. The van der Waals surface area contributed by atoms with Crippen LogP contribution in [0.3, 0.4) is 0 Å². The van der Waals surface area contributed by atoms with Crippen LogP contribution in [0.25, 0.3) is 5.65 Å². The number of nitrogens with zero attached hydrogens (tertiary/aromatic N) is 6. The lowest BCUT2D eigenvalue weighted by Crippen LogP contribution is -2.47. The van der Waals surface area contributed by atoms with Crippen LogP contribution in [0, 0.1) is 6.92 Å². The van der Waals surface area contributed by atoms with E-state index in [1.807, 2.05) is 36.9 Å². The van der Waals surface area contributed by atoms with Gasteiger partial charge in [-0.15, -0.1) is 0 Å². The van der Waals surface area contributed by atoms with Gasteiger partial charge in [-0.1, -0.05) is 12.1 Å². The Kier molecular flexibility index (Phi) is 9.31. The summed E-state index contributed by atoms with van der Waals surface area (Å²) in [6, 6.07) is 12.4. The van der Waals surface area contributed by atoms with Gasteiger partial charge in [0.25, 0.3) is 0 Å². The zero-order valence-electron chi connectivity index (χ0n) is 26.9. The van der Waals surface area contributed by atoms with Crippen LogP contribution in [0.4, 0.5) is 23.3 Å². The lowest BCUT2D eigenvalue weighted by Gasteiger charge is -2.35. The van der Waals surface area contributed by atoms with Gasteiger partial charge in [-0.05, 0) is 95.9 Å². The van der Waals surface area contributed by atoms with Crippen molar-refractivity contribution in [2.75, 3.05) is 44.9 Å². The third-order valence-electron chi connectivity index (χ3n) is 8.53. The van der Waals surface area contributed by atoms with Crippen molar-refractivity contribution in [2.24, 2.45) is 0 Å². The first-order chi connectivity index (χ1) is 21.4. The monoisotopic (exact) mass is 634 g/mol. The first-order valence-electron chi connectivity index (χ1n) is 15.1. The van der Waals surface area contributed by atoms with Gasteiger partial charge in [0.1, 0.15) is 5.75 Å². The molecule has 0 radical (unpaired) electrons. The van der Waals surface area contributed by atoms with E-state index in [4.69, 9.17) is 4.74 Å². The topological polar surface area (TPSA) is 134 Å². The summed E-state index contributed by atoms with van der Waals surface area (Å²) in [6.45, 7) is 8.77. The Balaban J connectivity index is 1.40. The molecule has 2 aromatic heterocycles. The second-order valence-electron chi connectivity index (χ2n) is 12.0. The molecule has 13 heteroatoms. The van der Waals surface area contributed by atoms with E-state index in [-0.39, 0.29) is 16.8 Å². The number of rotatable bonds is 10. The Labute approximate surface area is 264 Å². The lowest BCUT2D eigenvalue weighted by molar-refractivity contribution is -0.136. The molecule has 45 heavy (non-hydrogen) atoms. The lowest BCUT2D eigenvalue weighted by atomic mass is 9.86. The van der Waals surface area contributed by atoms with Crippen LogP contribution < -0.4 is 15.4 Å². The Morgan fingerprint density at radius 3 is 2.40 bits per heavy atom. The number of fused-ring (bicyclic) bond motifs is 1. The number of anilines is 4. The van der Waals surface area contributed by atoms with Crippen LogP contribution in [-0.2, 0) is 14.6 Å². The molecule has 0 saturated carbocycles. The van der Waals surface area contributed by atoms with E-state index < -0.39 is 15.1 Å². The Morgan fingerprint density at radius 1 is 1.02 bits per heavy atom. The highest BCUT2D eigenvalue weighted by Crippen LogP contribution is 2.38. The van der Waals surface area contributed by atoms with Gasteiger partial charge in [0.15, 0.2) is 15.5 Å². The van der Waals surface area contributed by atoms with Crippen LogP contribution >= 0.6 is 0 Å². The van der Waals surface area contributed by atoms with Crippen LogP contribution in [-0.4, -0.2) is 89.3 Å². The number of ether oxygens (including phenoxy) is 1. The Morgan fingerprint density at radius 2 is 1.73 bits per heavy atom. The van der Waals surface area contributed by atoms with Gasteiger partial charge < -0.3 is 20.3 Å². The van der Waals surface area contributed by atoms with Crippen molar-refractivity contribution < 1.29 is 17.9 Å². The molecule has 1 atom stereocenters. The van der Waals surface area contributed by atoms with E-state index in [0.717, 1.165) is 31.5 Å². The molecule has 1 aliphatic heterocycles. The summed E-state index contributed by atoms with van der Waals surface area (Å²) < 4.78 is 33.5. The highest BCUT2D eigenvalue weighted by atomic mass is 32.2. The van der Waals surface area contributed by atoms with Crippen molar-refractivity contribution in [3.63, 3.8) is 0 Å². The van der Waals surface area contributed by atoms with Gasteiger partial charge in [0.2, 0.25) is 17.8 Å². The smallest absolute Gasteiger partial charge is 0.239 e. The van der Waals surface area contributed by atoms with Crippen LogP contribution in [0.2, 0.25) is 0 Å². The fraction of sp³-hybridized carbons (Fsp3) is 0.438. The SMILES string of the molecule is COc1cc(C2CCN(C(=O)[C@H](C)N(C)C)CC2)c(C)cc1Nc1nc(Nc2ccccc2S(=O)(=O)C(C)C)n2nccc2n1. The van der Waals surface area contributed by atoms with Crippen LogP contribution in [0.5, 0.6) is 5.75 Å². The number of aryl methyl sites for hydroxylation is 1. The summed E-state index contributed by atoms with van der Waals surface area (Å²) in [5.41, 5.74) is 3.92. The number of aromatic nitrogens is 4. The number of likely N-dealkylation sites (tertiary alicyclic amines) is 1. The van der Waals surface area contributed by atoms with Crippen LogP contribution in [0.15, 0.2) is 53.6 Å². The van der Waals surface area contributed by atoms with Crippen molar-refractivity contribution in [2.45, 2.75) is 62.6 Å². The van der Waals surface area contributed by atoms with Crippen molar-refractivity contribution >= 4 is 44.7 Å². The first kappa shape index (κ1) is 32.2. The van der Waals surface area contributed by atoms with Crippen molar-refractivity contribution in [1.82, 2.24) is 29.4 Å². The predicted octanol–water partition coefficient (Wildman–Crippen LogP) is 4.77. The van der Waals surface area contributed by atoms with Gasteiger partial charge >= 0.3 is 0 Å². The molecule has 0 spiro atoms. The molecule has 0 bridgehead atoms. The quantitative estimate of drug-likeness (QED) is 0.251. The average molecular weight is 635 g/mol. The third kappa shape index (κ3) is 6.59. The second kappa shape index (κ2) is 13.0. The molecule has 1 amide bonds. The number of hydrogen-bond donors (Lipinski definition) is 2. The van der Waals surface area contributed by atoms with Gasteiger partial charge in [0, 0.05) is 19.2 Å². The fourth-order valence-corrected chi connectivity index (χ4v) is 6.78. The second-order valence-corrected chi connectivity index (χ2v) is 14.4. The normalized spacial score (nSPS) is 15.1. The minimum absolute atomic E-state index is 0.142. The molecular weight excluding hydrogens is 592 g/mol. The minimum atomic E-state index is -3.56. The molecule has 3 heterocycles. The average Bonchev–Trinajstić information content (AvgIpc) is 3.50. The Bertz CT molecular complexity index is 1800. The molecule has 2 N–H and O–H groups in total. The highest BCUT2D eigenvalue weighted by Gasteiger charge is 2.29. The van der Waals surface area contributed by atoms with Gasteiger partial charge in [-0.2, -0.15) is 19.6 Å². The summed E-state index contributed by atoms with van der Waals surface area (Å²) >= 11 is 0. The highest BCUT2D eigenvalue weighted by molar-refractivity contribution is 7.92. The summed E-state index contributed by atoms with van der Waals surface area (Å²) in [4.78, 5) is 26.3. The van der Waals surface area contributed by atoms with Crippen LogP contribution in [0.1, 0.15) is 50.7 Å². The third-order valence-corrected chi connectivity index (χ3v) is 10.7. The number of carbonyl (C=O) groups is 1. The van der Waals surface area contributed by atoms with E-state index in [1.54, 1.807) is 57.5 Å². The van der Waals surface area contributed by atoms with Gasteiger partial charge in [-0.25, -0.2) is 8.42 Å². The van der Waals surface area contributed by atoms with E-state index in [1.165, 1.54) is 10.1 Å². The number of likely N-dealkylation sites (N-methyl/N-ethyl adjacent to an activating group) is 1. The number of sulfone groups is 1. The van der Waals surface area contributed by atoms with Gasteiger partial charge in [-0.3, -0.25) is 9.69 Å². The number of benzene rings is 2. The summed E-state index contributed by atoms with van der Waals surface area (Å²) in [7, 11) is 1.92. The molecule has 0 unspecified atom stereocenters. The number of amides is 1. The number of hydrogen-bond acceptors (Lipinski definition) is 10. The predicted molar refractivity (Wildman–Crippen MR) is 176 cm³/mol. The van der Waals surface area contributed by atoms with E-state index in [2.05, 4.69) is 38.7 Å². The van der Waals surface area contributed by atoms with Crippen molar-refractivity contribution in [1.29, 1.82) is 0 Å². The number of carbonyl (C=O) groups excluding carboxylic acids is 1. The van der Waals surface area contributed by atoms with E-state index in [0.29, 0.717) is 40.6 Å². The summed E-state index contributed by atoms with van der Waals surface area (Å²) in [5.74, 6) is 1.72. The molecule has 5 rings (SSSR count). The molecule has 1 fully saturated rings. The van der Waals surface area contributed by atoms with E-state index >= 15 is 0 Å². The molecular formula is C32H42N8O4S. The zero-order valence-corrected chi connectivity index (χ0v) is 27.7. The summed E-state index contributed by atoms with van der Waals surface area (Å²) in [6.07, 6.45) is 3.37. The molecule has 0 aliphatic carbocycles. The zero-order chi connectivity index (χ0) is 32.5. The number of methoxy groups -OCH3 is 1.